The van der Waals surface area contributed by atoms with E-state index < -0.39 is 11.8 Å². The molecular weight excluding hydrogens is 220 g/mol. The van der Waals surface area contributed by atoms with Crippen molar-refractivity contribution in [3.8, 4) is 0 Å². The average Bonchev–Trinajstić information content (AvgIpc) is 2.28. The highest BCUT2D eigenvalue weighted by Gasteiger charge is 2.32. The van der Waals surface area contributed by atoms with E-state index in [1.807, 2.05) is 27.7 Å². The van der Waals surface area contributed by atoms with Crippen LogP contribution >= 0.6 is 0 Å². The molecule has 0 bridgehead atoms. The number of nitrogens with zero attached hydrogens (tertiary/aromatic N) is 2. The maximum atomic E-state index is 12.1. The number of ether oxygens (including phenoxy) is 1. The fraction of sp³-hybridized carbons (Fsp3) is 0.833. The molecule has 0 aromatic heterocycles. The van der Waals surface area contributed by atoms with E-state index in [2.05, 4.69) is 0 Å². The van der Waals surface area contributed by atoms with Gasteiger partial charge in [-0.1, -0.05) is 0 Å². The lowest BCUT2D eigenvalue weighted by Crippen LogP contribution is -2.54. The van der Waals surface area contributed by atoms with Crippen molar-refractivity contribution in [1.29, 1.82) is 0 Å². The van der Waals surface area contributed by atoms with Crippen molar-refractivity contribution in [3.63, 3.8) is 0 Å². The number of carbonyl (C=O) groups is 2. The Hall–Kier alpha value is -1.10. The topological polar surface area (TPSA) is 49.9 Å². The summed E-state index contributed by atoms with van der Waals surface area (Å²) >= 11 is 0. The molecule has 0 unspecified atom stereocenters. The van der Waals surface area contributed by atoms with Crippen LogP contribution in [0, 0.1) is 0 Å². The molecule has 1 saturated heterocycles. The predicted molar refractivity (Wildman–Crippen MR) is 64.5 cm³/mol. The van der Waals surface area contributed by atoms with Gasteiger partial charge in [-0.25, -0.2) is 0 Å². The van der Waals surface area contributed by atoms with E-state index in [4.69, 9.17) is 4.74 Å². The molecule has 1 rings (SSSR count). The fourth-order valence-corrected chi connectivity index (χ4v) is 1.94. The Labute approximate surface area is 103 Å². The molecule has 0 spiro atoms. The Morgan fingerprint density at radius 1 is 1.24 bits per heavy atom. The van der Waals surface area contributed by atoms with Crippen LogP contribution in [-0.4, -0.2) is 60.0 Å². The Kier molecular flexibility index (Phi) is 4.51. The summed E-state index contributed by atoms with van der Waals surface area (Å²) in [4.78, 5) is 27.3. The highest BCUT2D eigenvalue weighted by molar-refractivity contribution is 6.35. The van der Waals surface area contributed by atoms with Crippen molar-refractivity contribution in [2.24, 2.45) is 0 Å². The third-order valence-electron chi connectivity index (χ3n) is 2.85. The van der Waals surface area contributed by atoms with Crippen LogP contribution < -0.4 is 0 Å². The predicted octanol–water partition coefficient (Wildman–Crippen LogP) is 0.492. The molecule has 5 heteroatoms. The third-order valence-corrected chi connectivity index (χ3v) is 2.85. The van der Waals surface area contributed by atoms with Crippen molar-refractivity contribution in [1.82, 2.24) is 9.80 Å². The summed E-state index contributed by atoms with van der Waals surface area (Å²) in [5.74, 6) is -0.827. The van der Waals surface area contributed by atoms with E-state index >= 15 is 0 Å². The van der Waals surface area contributed by atoms with E-state index in [0.29, 0.717) is 32.8 Å². The zero-order chi connectivity index (χ0) is 13.1. The molecule has 5 nitrogen and oxygen atoms in total. The molecule has 0 aliphatic carbocycles. The quantitative estimate of drug-likeness (QED) is 0.629. The van der Waals surface area contributed by atoms with Crippen molar-refractivity contribution in [2.45, 2.75) is 33.2 Å². The number of rotatable bonds is 1. The van der Waals surface area contributed by atoms with Gasteiger partial charge < -0.3 is 14.5 Å². The van der Waals surface area contributed by atoms with E-state index in [9.17, 15) is 9.59 Å². The van der Waals surface area contributed by atoms with Crippen LogP contribution in [0.3, 0.4) is 0 Å². The van der Waals surface area contributed by atoms with Gasteiger partial charge in [0.15, 0.2) is 0 Å². The van der Waals surface area contributed by atoms with Gasteiger partial charge >= 0.3 is 11.8 Å². The van der Waals surface area contributed by atoms with Crippen LogP contribution in [0.1, 0.15) is 27.7 Å². The maximum absolute atomic E-state index is 12.1. The molecule has 0 aromatic rings. The van der Waals surface area contributed by atoms with Gasteiger partial charge in [0, 0.05) is 25.2 Å². The molecule has 17 heavy (non-hydrogen) atoms. The zero-order valence-corrected chi connectivity index (χ0v) is 11.2. The maximum Gasteiger partial charge on any atom is 0.312 e. The second kappa shape index (κ2) is 5.49. The first-order valence-corrected chi connectivity index (χ1v) is 6.06. The van der Waals surface area contributed by atoms with Gasteiger partial charge in [-0.05, 0) is 27.7 Å². The van der Waals surface area contributed by atoms with Crippen LogP contribution in [-0.2, 0) is 14.3 Å². The number of hydrogen-bond acceptors (Lipinski definition) is 3. The summed E-state index contributed by atoms with van der Waals surface area (Å²) in [7, 11) is 0. The summed E-state index contributed by atoms with van der Waals surface area (Å²) in [6, 6.07) is 0. The smallest absolute Gasteiger partial charge is 0.312 e. The molecule has 1 heterocycles. The van der Waals surface area contributed by atoms with Gasteiger partial charge in [0.1, 0.15) is 0 Å². The van der Waals surface area contributed by atoms with Gasteiger partial charge in [0.25, 0.3) is 0 Å². The molecule has 0 radical (unpaired) electrons. The van der Waals surface area contributed by atoms with Gasteiger partial charge in [-0.15, -0.1) is 0 Å². The first-order valence-electron chi connectivity index (χ1n) is 6.06. The minimum Gasteiger partial charge on any atom is -0.378 e. The Balaban J connectivity index is 2.70. The highest BCUT2D eigenvalue weighted by atomic mass is 16.5. The van der Waals surface area contributed by atoms with Crippen LogP contribution in [0.15, 0.2) is 0 Å². The van der Waals surface area contributed by atoms with Crippen molar-refractivity contribution in [2.75, 3.05) is 32.8 Å². The monoisotopic (exact) mass is 242 g/mol. The van der Waals surface area contributed by atoms with Crippen LogP contribution in [0.5, 0.6) is 0 Å². The first-order chi connectivity index (χ1) is 7.88. The van der Waals surface area contributed by atoms with Crippen LogP contribution in [0.4, 0.5) is 0 Å². The summed E-state index contributed by atoms with van der Waals surface area (Å²) in [6.45, 7) is 10.3. The molecule has 0 N–H and O–H groups in total. The Bertz CT molecular complexity index is 291. The molecule has 1 aliphatic heterocycles. The van der Waals surface area contributed by atoms with Gasteiger partial charge in [0.05, 0.1) is 13.2 Å². The third kappa shape index (κ3) is 3.43. The number of carbonyl (C=O) groups excluding carboxylic acids is 2. The number of amides is 2. The second-order valence-electron chi connectivity index (χ2n) is 5.12. The zero-order valence-electron chi connectivity index (χ0n) is 11.2. The molecule has 1 fully saturated rings. The molecule has 2 amide bonds. The molecule has 98 valence electrons. The summed E-state index contributed by atoms with van der Waals surface area (Å²) in [5.41, 5.74) is -0.326. The first kappa shape index (κ1) is 14.0. The van der Waals surface area contributed by atoms with Crippen molar-refractivity contribution < 1.29 is 14.3 Å². The Morgan fingerprint density at radius 3 is 2.18 bits per heavy atom. The van der Waals surface area contributed by atoms with E-state index in [1.54, 1.807) is 9.80 Å². The number of hydrogen-bond donors (Lipinski definition) is 0. The summed E-state index contributed by atoms with van der Waals surface area (Å²) in [6.07, 6.45) is 0. The van der Waals surface area contributed by atoms with Crippen LogP contribution in [0.25, 0.3) is 0 Å². The molecule has 1 aliphatic rings. The second-order valence-corrected chi connectivity index (χ2v) is 5.12. The largest absolute Gasteiger partial charge is 0.378 e. The van der Waals surface area contributed by atoms with E-state index in [-0.39, 0.29) is 5.54 Å². The number of likely N-dealkylation sites (N-methyl/N-ethyl adjacent to an activating group) is 1. The average molecular weight is 242 g/mol. The van der Waals surface area contributed by atoms with Crippen molar-refractivity contribution in [3.05, 3.63) is 0 Å². The molecule has 0 aromatic carbocycles. The minimum absolute atomic E-state index is 0.326. The lowest BCUT2D eigenvalue weighted by Gasteiger charge is -2.36. The standard InChI is InChI=1S/C12H22N2O3/c1-5-14(12(2,3)4)11(16)10(15)13-6-8-17-9-7-13/h5-9H2,1-4H3. The normalized spacial score (nSPS) is 16.8. The van der Waals surface area contributed by atoms with E-state index in [1.165, 1.54) is 0 Å². The van der Waals surface area contributed by atoms with Gasteiger partial charge in [-0.3, -0.25) is 9.59 Å². The SMILES string of the molecule is CCN(C(=O)C(=O)N1CCOCC1)C(C)(C)C. The van der Waals surface area contributed by atoms with E-state index in [0.717, 1.165) is 0 Å². The fourth-order valence-electron chi connectivity index (χ4n) is 1.94. The molecular formula is C12H22N2O3. The van der Waals surface area contributed by atoms with Crippen LogP contribution in [0.2, 0.25) is 0 Å². The summed E-state index contributed by atoms with van der Waals surface area (Å²) in [5, 5.41) is 0. The Morgan fingerprint density at radius 2 is 1.76 bits per heavy atom. The molecule has 0 saturated carbocycles. The number of morpholine rings is 1. The highest BCUT2D eigenvalue weighted by Crippen LogP contribution is 2.14. The van der Waals surface area contributed by atoms with Gasteiger partial charge in [-0.2, -0.15) is 0 Å². The van der Waals surface area contributed by atoms with Gasteiger partial charge in [0.2, 0.25) is 0 Å². The lowest BCUT2D eigenvalue weighted by molar-refractivity contribution is -0.156. The molecule has 0 atom stereocenters. The summed E-state index contributed by atoms with van der Waals surface area (Å²) < 4.78 is 5.16. The van der Waals surface area contributed by atoms with Crippen molar-refractivity contribution >= 4 is 11.8 Å². The lowest BCUT2D eigenvalue weighted by atomic mass is 10.1. The minimum atomic E-state index is -0.415.